The number of benzene rings is 2. The molecule has 0 aliphatic heterocycles. The summed E-state index contributed by atoms with van der Waals surface area (Å²) < 4.78 is 27.0. The van der Waals surface area contributed by atoms with Crippen molar-refractivity contribution in [3.8, 4) is 23.0 Å². The Bertz CT molecular complexity index is 880. The van der Waals surface area contributed by atoms with Gasteiger partial charge in [-0.3, -0.25) is 4.79 Å². The standard InChI is InChI=1S/C21H23BrO7/c1-5-8-28-20-16(22)9-13(10-19(20)27-4)21(24)29-12-17(23)15-11-14(25-2)6-7-18(15)26-3/h6-7,9-11H,5,8,12H2,1-4H3. The molecule has 0 saturated carbocycles. The molecular formula is C21H23BrO7. The number of ether oxygens (including phenoxy) is 5. The predicted molar refractivity (Wildman–Crippen MR) is 111 cm³/mol. The second kappa shape index (κ2) is 10.7. The minimum Gasteiger partial charge on any atom is -0.497 e. The van der Waals surface area contributed by atoms with Crippen LogP contribution in [0.2, 0.25) is 0 Å². The summed E-state index contributed by atoms with van der Waals surface area (Å²) in [5.41, 5.74) is 0.490. The van der Waals surface area contributed by atoms with Gasteiger partial charge in [0.25, 0.3) is 0 Å². The molecule has 2 rings (SSSR count). The van der Waals surface area contributed by atoms with Crippen LogP contribution in [-0.2, 0) is 4.74 Å². The molecule has 7 nitrogen and oxygen atoms in total. The predicted octanol–water partition coefficient (Wildman–Crippen LogP) is 4.30. The summed E-state index contributed by atoms with van der Waals surface area (Å²) in [5, 5.41) is 0. The molecule has 0 fully saturated rings. The molecule has 0 N–H and O–H groups in total. The first kappa shape index (κ1) is 22.5. The second-order valence-electron chi connectivity index (χ2n) is 5.90. The Morgan fingerprint density at radius 2 is 1.69 bits per heavy atom. The monoisotopic (exact) mass is 466 g/mol. The van der Waals surface area contributed by atoms with Gasteiger partial charge in [-0.15, -0.1) is 0 Å². The van der Waals surface area contributed by atoms with Crippen molar-refractivity contribution in [2.45, 2.75) is 13.3 Å². The molecule has 0 amide bonds. The number of Topliss-reactive ketones (excluding diaryl/α,β-unsaturated/α-hetero) is 1. The Hall–Kier alpha value is -2.74. The van der Waals surface area contributed by atoms with Crippen molar-refractivity contribution < 1.29 is 33.3 Å². The Morgan fingerprint density at radius 1 is 0.966 bits per heavy atom. The second-order valence-corrected chi connectivity index (χ2v) is 6.76. The van der Waals surface area contributed by atoms with Crippen molar-refractivity contribution >= 4 is 27.7 Å². The van der Waals surface area contributed by atoms with E-state index in [4.69, 9.17) is 23.7 Å². The quantitative estimate of drug-likeness (QED) is 0.381. The van der Waals surface area contributed by atoms with Crippen LogP contribution in [0.25, 0.3) is 0 Å². The van der Waals surface area contributed by atoms with Crippen molar-refractivity contribution in [2.75, 3.05) is 34.5 Å². The molecule has 0 radical (unpaired) electrons. The van der Waals surface area contributed by atoms with E-state index in [0.717, 1.165) is 6.42 Å². The Kier molecular flexibility index (Phi) is 8.33. The fourth-order valence-corrected chi connectivity index (χ4v) is 3.06. The van der Waals surface area contributed by atoms with Gasteiger partial charge in [0.1, 0.15) is 11.5 Å². The highest BCUT2D eigenvalue weighted by Crippen LogP contribution is 2.37. The van der Waals surface area contributed by atoms with Crippen LogP contribution in [-0.4, -0.2) is 46.3 Å². The van der Waals surface area contributed by atoms with Crippen LogP contribution < -0.4 is 18.9 Å². The van der Waals surface area contributed by atoms with Crippen molar-refractivity contribution in [1.82, 2.24) is 0 Å². The summed E-state index contributed by atoms with van der Waals surface area (Å²) >= 11 is 3.38. The summed E-state index contributed by atoms with van der Waals surface area (Å²) in [6.07, 6.45) is 0.829. The molecule has 29 heavy (non-hydrogen) atoms. The minimum absolute atomic E-state index is 0.225. The number of hydrogen-bond donors (Lipinski definition) is 0. The van der Waals surface area contributed by atoms with Gasteiger partial charge in [0, 0.05) is 0 Å². The average Bonchev–Trinajstić information content (AvgIpc) is 2.75. The van der Waals surface area contributed by atoms with Crippen molar-refractivity contribution in [3.05, 3.63) is 45.9 Å². The van der Waals surface area contributed by atoms with Crippen LogP contribution in [0.15, 0.2) is 34.8 Å². The SMILES string of the molecule is CCCOc1c(Br)cc(C(=O)OCC(=O)c2cc(OC)ccc2OC)cc1OC. The zero-order chi connectivity index (χ0) is 21.4. The van der Waals surface area contributed by atoms with Crippen molar-refractivity contribution in [3.63, 3.8) is 0 Å². The van der Waals surface area contributed by atoms with E-state index >= 15 is 0 Å². The normalized spacial score (nSPS) is 10.2. The molecule has 2 aromatic rings. The lowest BCUT2D eigenvalue weighted by molar-refractivity contribution is 0.0473. The van der Waals surface area contributed by atoms with E-state index in [-0.39, 0.29) is 11.1 Å². The smallest absolute Gasteiger partial charge is 0.338 e. The third-order valence-electron chi connectivity index (χ3n) is 3.96. The molecule has 2 aromatic carbocycles. The molecule has 0 aromatic heterocycles. The van der Waals surface area contributed by atoms with E-state index < -0.39 is 18.4 Å². The number of hydrogen-bond acceptors (Lipinski definition) is 7. The first-order chi connectivity index (χ1) is 13.9. The lowest BCUT2D eigenvalue weighted by atomic mass is 10.1. The summed E-state index contributed by atoms with van der Waals surface area (Å²) in [5.74, 6) is 0.679. The number of carbonyl (C=O) groups is 2. The van der Waals surface area contributed by atoms with E-state index in [1.807, 2.05) is 6.92 Å². The number of ketones is 1. The molecule has 8 heteroatoms. The first-order valence-electron chi connectivity index (χ1n) is 8.87. The molecule has 156 valence electrons. The Balaban J connectivity index is 2.15. The molecule has 0 spiro atoms. The van der Waals surface area contributed by atoms with Gasteiger partial charge in [-0.2, -0.15) is 0 Å². The molecular weight excluding hydrogens is 444 g/mol. The van der Waals surface area contributed by atoms with Crippen molar-refractivity contribution in [2.24, 2.45) is 0 Å². The molecule has 0 saturated heterocycles. The van der Waals surface area contributed by atoms with Crippen molar-refractivity contribution in [1.29, 1.82) is 0 Å². The molecule has 0 aliphatic carbocycles. The highest BCUT2D eigenvalue weighted by molar-refractivity contribution is 9.10. The van der Waals surface area contributed by atoms with Gasteiger partial charge in [0.05, 0.1) is 43.5 Å². The maximum atomic E-state index is 12.5. The number of methoxy groups -OCH3 is 3. The van der Waals surface area contributed by atoms with E-state index in [1.165, 1.54) is 33.5 Å². The zero-order valence-corrected chi connectivity index (χ0v) is 18.3. The molecule has 0 unspecified atom stereocenters. The molecule has 0 bridgehead atoms. The maximum Gasteiger partial charge on any atom is 0.338 e. The van der Waals surface area contributed by atoms with Crippen LogP contribution in [0.3, 0.4) is 0 Å². The Morgan fingerprint density at radius 3 is 2.31 bits per heavy atom. The largest absolute Gasteiger partial charge is 0.497 e. The highest BCUT2D eigenvalue weighted by atomic mass is 79.9. The third-order valence-corrected chi connectivity index (χ3v) is 4.55. The summed E-state index contributed by atoms with van der Waals surface area (Å²) in [6, 6.07) is 7.90. The highest BCUT2D eigenvalue weighted by Gasteiger charge is 2.19. The van der Waals surface area contributed by atoms with Gasteiger partial charge in [0.2, 0.25) is 5.78 Å². The van der Waals surface area contributed by atoms with Crippen LogP contribution in [0.5, 0.6) is 23.0 Å². The van der Waals surface area contributed by atoms with Gasteiger partial charge in [-0.1, -0.05) is 6.92 Å². The fourth-order valence-electron chi connectivity index (χ4n) is 2.51. The third kappa shape index (κ3) is 5.63. The van der Waals surface area contributed by atoms with E-state index in [1.54, 1.807) is 18.2 Å². The van der Waals surface area contributed by atoms with Gasteiger partial charge in [-0.05, 0) is 52.7 Å². The van der Waals surface area contributed by atoms with E-state index in [0.29, 0.717) is 34.1 Å². The number of esters is 1. The zero-order valence-electron chi connectivity index (χ0n) is 16.7. The lowest BCUT2D eigenvalue weighted by Crippen LogP contribution is -2.15. The minimum atomic E-state index is -0.666. The van der Waals surface area contributed by atoms with E-state index in [9.17, 15) is 9.59 Å². The molecule has 0 atom stereocenters. The summed E-state index contributed by atoms with van der Waals surface area (Å²) in [7, 11) is 4.43. The van der Waals surface area contributed by atoms with Crippen LogP contribution in [0.4, 0.5) is 0 Å². The van der Waals surface area contributed by atoms with Crippen LogP contribution >= 0.6 is 15.9 Å². The van der Waals surface area contributed by atoms with E-state index in [2.05, 4.69) is 15.9 Å². The van der Waals surface area contributed by atoms with Gasteiger partial charge in [-0.25, -0.2) is 4.79 Å². The molecule has 0 aliphatic rings. The summed E-state index contributed by atoms with van der Waals surface area (Å²) in [6.45, 7) is 2.05. The topological polar surface area (TPSA) is 80.3 Å². The Labute approximate surface area is 178 Å². The molecule has 0 heterocycles. The lowest BCUT2D eigenvalue weighted by Gasteiger charge is -2.14. The summed E-state index contributed by atoms with van der Waals surface area (Å²) in [4.78, 5) is 25.0. The van der Waals surface area contributed by atoms with Crippen LogP contribution in [0.1, 0.15) is 34.1 Å². The first-order valence-corrected chi connectivity index (χ1v) is 9.67. The average molecular weight is 467 g/mol. The maximum absolute atomic E-state index is 12.5. The van der Waals surface area contributed by atoms with Gasteiger partial charge in [0.15, 0.2) is 18.1 Å². The number of carbonyl (C=O) groups excluding carboxylic acids is 2. The van der Waals surface area contributed by atoms with Gasteiger partial charge >= 0.3 is 5.97 Å². The fraction of sp³-hybridized carbons (Fsp3) is 0.333. The van der Waals surface area contributed by atoms with Crippen LogP contribution in [0, 0.1) is 0 Å². The van der Waals surface area contributed by atoms with Gasteiger partial charge < -0.3 is 23.7 Å². The number of halogens is 1. The number of rotatable bonds is 10.